The zero-order valence-electron chi connectivity index (χ0n) is 10.2. The van der Waals surface area contributed by atoms with Crippen molar-refractivity contribution >= 4 is 12.6 Å². The molecule has 0 bridgehead atoms. The molecule has 2 aromatic carbocycles. The van der Waals surface area contributed by atoms with Gasteiger partial charge in [0, 0.05) is 0 Å². The lowest BCUT2D eigenvalue weighted by atomic mass is 9.78. The van der Waals surface area contributed by atoms with E-state index in [1.54, 1.807) is 0 Å². The lowest BCUT2D eigenvalue weighted by Crippen LogP contribution is -2.28. The summed E-state index contributed by atoms with van der Waals surface area (Å²) in [7, 11) is -0.739. The van der Waals surface area contributed by atoms with Crippen molar-refractivity contribution in [3.63, 3.8) is 0 Å². The smallest absolute Gasteiger partial charge is 0.423 e. The summed E-state index contributed by atoms with van der Waals surface area (Å²) < 4.78 is 5.20. The van der Waals surface area contributed by atoms with Gasteiger partial charge in [-0.15, -0.1) is 0 Å². The van der Waals surface area contributed by atoms with Gasteiger partial charge in [-0.25, -0.2) is 0 Å². The summed E-state index contributed by atoms with van der Waals surface area (Å²) in [5.41, 5.74) is 4.63. The highest BCUT2D eigenvalue weighted by Gasteiger charge is 2.26. The first-order chi connectivity index (χ1) is 8.83. The number of benzene rings is 2. The van der Waals surface area contributed by atoms with Crippen molar-refractivity contribution in [1.82, 2.24) is 0 Å². The second-order valence-electron chi connectivity index (χ2n) is 4.68. The molecule has 2 nitrogen and oxygen atoms in total. The molecule has 0 amide bonds. The minimum atomic E-state index is -0.739. The van der Waals surface area contributed by atoms with Crippen molar-refractivity contribution in [3.05, 3.63) is 65.2 Å². The fraction of sp³-hybridized carbons (Fsp3) is 0.200. The van der Waals surface area contributed by atoms with Crippen LogP contribution in [-0.2, 0) is 24.1 Å². The van der Waals surface area contributed by atoms with Gasteiger partial charge >= 0.3 is 7.12 Å². The summed E-state index contributed by atoms with van der Waals surface area (Å²) in [4.78, 5) is 0. The Labute approximate surface area is 107 Å². The molecule has 0 atom stereocenters. The maximum absolute atomic E-state index is 9.67. The minimum absolute atomic E-state index is 0.523. The lowest BCUT2D eigenvalue weighted by molar-refractivity contribution is 0.275. The molecule has 1 N–H and O–H groups in total. The van der Waals surface area contributed by atoms with E-state index in [-0.39, 0.29) is 0 Å². The molecule has 2 aromatic rings. The van der Waals surface area contributed by atoms with Gasteiger partial charge < -0.3 is 9.68 Å². The molecule has 0 unspecified atom stereocenters. The molecule has 0 spiro atoms. The monoisotopic (exact) mass is 238 g/mol. The van der Waals surface area contributed by atoms with Crippen molar-refractivity contribution in [3.8, 4) is 0 Å². The van der Waals surface area contributed by atoms with E-state index in [1.807, 2.05) is 6.07 Å². The molecular formula is C15H15BO2. The van der Waals surface area contributed by atoms with Gasteiger partial charge in [-0.3, -0.25) is 0 Å². The highest BCUT2D eigenvalue weighted by molar-refractivity contribution is 6.61. The van der Waals surface area contributed by atoms with E-state index >= 15 is 0 Å². The average molecular weight is 238 g/mol. The normalized spacial score (nSPS) is 13.7. The van der Waals surface area contributed by atoms with Gasteiger partial charge in [0.2, 0.25) is 0 Å². The van der Waals surface area contributed by atoms with Gasteiger partial charge in [-0.2, -0.15) is 0 Å². The fourth-order valence-electron chi connectivity index (χ4n) is 2.35. The Hall–Kier alpha value is -1.58. The molecule has 0 saturated carbocycles. The van der Waals surface area contributed by atoms with Crippen LogP contribution in [0.3, 0.4) is 0 Å². The van der Waals surface area contributed by atoms with Gasteiger partial charge in [0.05, 0.1) is 6.61 Å². The lowest BCUT2D eigenvalue weighted by Gasteiger charge is -2.05. The van der Waals surface area contributed by atoms with Crippen LogP contribution in [0.1, 0.15) is 16.7 Å². The number of hydrogen-bond donors (Lipinski definition) is 1. The minimum Gasteiger partial charge on any atom is -0.423 e. The van der Waals surface area contributed by atoms with E-state index in [2.05, 4.69) is 42.5 Å². The molecule has 18 heavy (non-hydrogen) atoms. The molecule has 0 aliphatic carbocycles. The summed E-state index contributed by atoms with van der Waals surface area (Å²) in [5, 5.41) is 9.67. The Kier molecular flexibility index (Phi) is 3.18. The van der Waals surface area contributed by atoms with E-state index in [0.717, 1.165) is 23.9 Å². The zero-order chi connectivity index (χ0) is 12.4. The van der Waals surface area contributed by atoms with Gasteiger partial charge in [-0.1, -0.05) is 48.5 Å². The zero-order valence-corrected chi connectivity index (χ0v) is 10.2. The maximum atomic E-state index is 9.67. The number of aryl methyl sites for hydroxylation is 2. The van der Waals surface area contributed by atoms with Gasteiger partial charge in [0.1, 0.15) is 0 Å². The van der Waals surface area contributed by atoms with E-state index in [1.165, 1.54) is 11.1 Å². The van der Waals surface area contributed by atoms with Crippen LogP contribution < -0.4 is 5.46 Å². The molecule has 0 aromatic heterocycles. The van der Waals surface area contributed by atoms with Crippen molar-refractivity contribution < 1.29 is 9.68 Å². The van der Waals surface area contributed by atoms with E-state index in [4.69, 9.17) is 4.65 Å². The Balaban J connectivity index is 1.72. The number of hydrogen-bond acceptors (Lipinski definition) is 2. The Morgan fingerprint density at radius 3 is 2.61 bits per heavy atom. The Bertz CT molecular complexity index is 539. The van der Waals surface area contributed by atoms with Crippen molar-refractivity contribution in [2.45, 2.75) is 19.4 Å². The summed E-state index contributed by atoms with van der Waals surface area (Å²) >= 11 is 0. The van der Waals surface area contributed by atoms with Crippen LogP contribution in [0.4, 0.5) is 0 Å². The third-order valence-electron chi connectivity index (χ3n) is 3.42. The van der Waals surface area contributed by atoms with Crippen molar-refractivity contribution in [2.75, 3.05) is 0 Å². The van der Waals surface area contributed by atoms with Crippen LogP contribution in [0.2, 0.25) is 0 Å². The van der Waals surface area contributed by atoms with E-state index in [9.17, 15) is 5.02 Å². The van der Waals surface area contributed by atoms with Crippen LogP contribution in [-0.4, -0.2) is 12.1 Å². The first kappa shape index (κ1) is 11.5. The summed E-state index contributed by atoms with van der Waals surface area (Å²) in [6.07, 6.45) is 2.01. The number of fused-ring (bicyclic) bond motifs is 1. The highest BCUT2D eigenvalue weighted by Crippen LogP contribution is 2.13. The Morgan fingerprint density at radius 2 is 1.78 bits per heavy atom. The van der Waals surface area contributed by atoms with Crippen LogP contribution >= 0.6 is 0 Å². The van der Waals surface area contributed by atoms with Crippen molar-refractivity contribution in [2.24, 2.45) is 0 Å². The fourth-order valence-corrected chi connectivity index (χ4v) is 2.35. The standard InChI is InChI=1S/C15H15BO2/c17-16-15-10-13(8-9-14(15)11-18-16)7-6-12-4-2-1-3-5-12/h1-5,8-10,17H,6-7,11H2. The van der Waals surface area contributed by atoms with E-state index in [0.29, 0.717) is 6.61 Å². The molecule has 0 radical (unpaired) electrons. The van der Waals surface area contributed by atoms with Gasteiger partial charge in [-0.05, 0) is 35.0 Å². The van der Waals surface area contributed by atoms with Gasteiger partial charge in [0.15, 0.2) is 0 Å². The number of rotatable bonds is 3. The molecule has 0 saturated heterocycles. The van der Waals surface area contributed by atoms with Gasteiger partial charge in [0.25, 0.3) is 0 Å². The Morgan fingerprint density at radius 1 is 1.00 bits per heavy atom. The highest BCUT2D eigenvalue weighted by atomic mass is 16.5. The third-order valence-corrected chi connectivity index (χ3v) is 3.42. The largest absolute Gasteiger partial charge is 0.491 e. The second kappa shape index (κ2) is 4.97. The average Bonchev–Trinajstić information content (AvgIpc) is 2.79. The summed E-state index contributed by atoms with van der Waals surface area (Å²) in [6, 6.07) is 16.7. The molecule has 1 aliphatic heterocycles. The topological polar surface area (TPSA) is 29.5 Å². The maximum Gasteiger partial charge on any atom is 0.491 e. The molecule has 1 heterocycles. The van der Waals surface area contributed by atoms with Crippen molar-refractivity contribution in [1.29, 1.82) is 0 Å². The van der Waals surface area contributed by atoms with Crippen LogP contribution in [0.15, 0.2) is 48.5 Å². The predicted octanol–water partition coefficient (Wildman–Crippen LogP) is 1.69. The summed E-state index contributed by atoms with van der Waals surface area (Å²) in [6.45, 7) is 0.523. The van der Waals surface area contributed by atoms with E-state index < -0.39 is 7.12 Å². The molecule has 3 heteroatoms. The second-order valence-corrected chi connectivity index (χ2v) is 4.68. The first-order valence-electron chi connectivity index (χ1n) is 6.28. The molecule has 1 aliphatic rings. The quantitative estimate of drug-likeness (QED) is 0.824. The third kappa shape index (κ3) is 2.33. The molecule has 3 rings (SSSR count). The van der Waals surface area contributed by atoms with Crippen LogP contribution in [0.5, 0.6) is 0 Å². The van der Waals surface area contributed by atoms with Crippen LogP contribution in [0, 0.1) is 0 Å². The van der Waals surface area contributed by atoms with Crippen LogP contribution in [0.25, 0.3) is 0 Å². The molecular weight excluding hydrogens is 223 g/mol. The SMILES string of the molecule is OB1OCc2ccc(CCc3ccccc3)cc21. The first-order valence-corrected chi connectivity index (χ1v) is 6.28. The predicted molar refractivity (Wildman–Crippen MR) is 72.7 cm³/mol. The molecule has 0 fully saturated rings. The summed E-state index contributed by atoms with van der Waals surface area (Å²) in [5.74, 6) is 0. The molecule has 90 valence electrons.